The number of carboxylic acids is 5. The summed E-state index contributed by atoms with van der Waals surface area (Å²) < 4.78 is 0. The fraction of sp³-hybridized carbons (Fsp3) is 0.696. The van der Waals surface area contributed by atoms with Crippen molar-refractivity contribution in [1.29, 1.82) is 0 Å². The summed E-state index contributed by atoms with van der Waals surface area (Å²) in [6, 6.07) is -2.44. The van der Waals surface area contributed by atoms with Gasteiger partial charge in [0, 0.05) is 27.2 Å². The van der Waals surface area contributed by atoms with Crippen molar-refractivity contribution in [3.8, 4) is 0 Å². The van der Waals surface area contributed by atoms with E-state index in [2.05, 4.69) is 5.73 Å². The minimum atomic E-state index is -1.11. The Morgan fingerprint density at radius 3 is 0.786 bits per heavy atom. The largest absolute Gasteiger partial charge is 0.481 e. The lowest BCUT2D eigenvalue weighted by atomic mass is 10.2. The molecule has 19 heteroatoms. The first-order valence-electron chi connectivity index (χ1n) is 11.6. The molecule has 254 valence electrons. The average molecular weight is 622 g/mol. The van der Waals surface area contributed by atoms with Crippen LogP contribution in [0.1, 0.15) is 47.5 Å². The first-order valence-corrected chi connectivity index (χ1v) is 11.6. The van der Waals surface area contributed by atoms with E-state index in [1.54, 1.807) is 0 Å². The smallest absolute Gasteiger partial charge is 0.320 e. The van der Waals surface area contributed by atoms with E-state index in [4.69, 9.17) is 58.1 Å². The summed E-state index contributed by atoms with van der Waals surface area (Å²) in [6.07, 6.45) is 0.123. The molecular formula is C23H55N7O12. The number of hydrogen-bond acceptors (Lipinski definition) is 12. The highest BCUT2D eigenvalue weighted by atomic mass is 16.4. The van der Waals surface area contributed by atoms with Gasteiger partial charge in [-0.3, -0.25) is 33.6 Å². The molecule has 0 aromatic heterocycles. The molecule has 0 spiro atoms. The molecule has 0 saturated heterocycles. The number of aliphatic carboxylic acids is 5. The minimum Gasteiger partial charge on any atom is -0.481 e. The molecule has 0 saturated carbocycles. The van der Waals surface area contributed by atoms with E-state index in [0.717, 1.165) is 13.8 Å². The zero-order chi connectivity index (χ0) is 36.3. The van der Waals surface area contributed by atoms with Gasteiger partial charge in [0.25, 0.3) is 11.9 Å². The van der Waals surface area contributed by atoms with E-state index in [0.29, 0.717) is 0 Å². The highest BCUT2D eigenvalue weighted by Gasteiger charge is 2.11. The van der Waals surface area contributed by atoms with E-state index in [1.165, 1.54) is 20.8 Å². The maximum atomic E-state index is 10.1. The normalized spacial score (nSPS) is 10.4. The summed E-state index contributed by atoms with van der Waals surface area (Å²) in [5, 5.41) is 38.8. The molecule has 0 radical (unpaired) electrons. The molecule has 15 N–H and O–H groups in total. The number of nitrogens with two attached hydrogens (primary N) is 5. The molecule has 2 amide bonds. The third-order valence-electron chi connectivity index (χ3n) is 1.80. The molecule has 0 aliphatic rings. The van der Waals surface area contributed by atoms with Crippen LogP contribution in [0.4, 0.5) is 0 Å². The van der Waals surface area contributed by atoms with Gasteiger partial charge in [0.2, 0.25) is 11.8 Å². The fourth-order valence-electron chi connectivity index (χ4n) is 0.421. The monoisotopic (exact) mass is 621 g/mol. The van der Waals surface area contributed by atoms with E-state index in [1.807, 2.05) is 52.1 Å². The molecular weight excluding hydrogens is 566 g/mol. The molecule has 0 heterocycles. The van der Waals surface area contributed by atoms with Crippen LogP contribution in [0.25, 0.3) is 0 Å². The maximum absolute atomic E-state index is 10.1. The molecule has 0 unspecified atom stereocenters. The molecule has 0 aromatic rings. The van der Waals surface area contributed by atoms with Crippen LogP contribution in [0.3, 0.4) is 0 Å². The molecule has 0 aliphatic heterocycles. The van der Waals surface area contributed by atoms with E-state index < -0.39 is 53.9 Å². The second kappa shape index (κ2) is 41.6. The van der Waals surface area contributed by atoms with Gasteiger partial charge < -0.3 is 64.0 Å². The number of carbonyl (C=O) groups excluding carboxylic acids is 2. The van der Waals surface area contributed by atoms with E-state index in [9.17, 15) is 24.0 Å². The van der Waals surface area contributed by atoms with Crippen LogP contribution in [0.5, 0.6) is 0 Å². The van der Waals surface area contributed by atoms with Crippen LogP contribution in [0.15, 0.2) is 0 Å². The molecule has 19 nitrogen and oxygen atoms in total. The SMILES string of the molecule is CC(=O)O.CC(=O)O.CC(N)=O.CN(C)C.CN(C)C.C[C@H](N)C(=O)O.C[C@H](N)C(=O)O.NC(=O)CC[C@H](N)C(=O)O. The minimum absolute atomic E-state index is 0.0213. The van der Waals surface area contributed by atoms with Gasteiger partial charge in [0.15, 0.2) is 0 Å². The Morgan fingerprint density at radius 1 is 0.571 bits per heavy atom. The van der Waals surface area contributed by atoms with Gasteiger partial charge in [0.1, 0.15) is 18.1 Å². The summed E-state index contributed by atoms with van der Waals surface area (Å²) in [4.78, 5) is 70.5. The molecule has 0 aromatic carbocycles. The summed E-state index contributed by atoms with van der Waals surface area (Å²) in [6.45, 7) is 6.31. The van der Waals surface area contributed by atoms with Crippen molar-refractivity contribution >= 4 is 41.7 Å². The van der Waals surface area contributed by atoms with Gasteiger partial charge >= 0.3 is 17.9 Å². The van der Waals surface area contributed by atoms with Crippen LogP contribution in [-0.4, -0.2) is 137 Å². The number of hydrogen-bond donors (Lipinski definition) is 10. The Balaban J connectivity index is -0.0000000540. The molecule has 0 rings (SSSR count). The van der Waals surface area contributed by atoms with Crippen LogP contribution in [0.2, 0.25) is 0 Å². The maximum Gasteiger partial charge on any atom is 0.320 e. The fourth-order valence-corrected chi connectivity index (χ4v) is 0.421. The van der Waals surface area contributed by atoms with Gasteiger partial charge in [-0.1, -0.05) is 0 Å². The zero-order valence-electron chi connectivity index (χ0n) is 26.5. The number of amides is 2. The van der Waals surface area contributed by atoms with Crippen LogP contribution >= 0.6 is 0 Å². The van der Waals surface area contributed by atoms with Gasteiger partial charge in [-0.15, -0.1) is 0 Å². The molecule has 42 heavy (non-hydrogen) atoms. The second-order valence-corrected chi connectivity index (χ2v) is 8.54. The van der Waals surface area contributed by atoms with Crippen LogP contribution in [-0.2, 0) is 33.6 Å². The van der Waals surface area contributed by atoms with Crippen molar-refractivity contribution in [2.24, 2.45) is 28.7 Å². The molecule has 3 atom stereocenters. The highest BCUT2D eigenvalue weighted by molar-refractivity contribution is 5.77. The average Bonchev–Trinajstić information content (AvgIpc) is 2.70. The second-order valence-electron chi connectivity index (χ2n) is 8.54. The lowest BCUT2D eigenvalue weighted by molar-refractivity contribution is -0.139. The third kappa shape index (κ3) is 259. The van der Waals surface area contributed by atoms with Crippen LogP contribution in [0, 0.1) is 0 Å². The highest BCUT2D eigenvalue weighted by Crippen LogP contribution is 1.92. The number of nitrogens with zero attached hydrogens (tertiary/aromatic N) is 2. The van der Waals surface area contributed by atoms with Crippen molar-refractivity contribution in [2.75, 3.05) is 42.3 Å². The van der Waals surface area contributed by atoms with Gasteiger partial charge in [-0.2, -0.15) is 0 Å². The summed E-state index contributed by atoms with van der Waals surface area (Å²) >= 11 is 0. The number of carboxylic acid groups (broad SMARTS) is 5. The predicted molar refractivity (Wildman–Crippen MR) is 157 cm³/mol. The predicted octanol–water partition coefficient (Wildman–Crippen LogP) is -2.47. The first kappa shape index (κ1) is 57.9. The summed E-state index contributed by atoms with van der Waals surface area (Å²) in [5.74, 6) is -5.57. The number of carbonyl (C=O) groups is 7. The summed E-state index contributed by atoms with van der Waals surface area (Å²) in [5.41, 5.74) is 24.0. The number of primary amides is 2. The van der Waals surface area contributed by atoms with Crippen molar-refractivity contribution in [3.63, 3.8) is 0 Å². The summed E-state index contributed by atoms with van der Waals surface area (Å²) in [7, 11) is 12.0. The molecule has 0 bridgehead atoms. The standard InChI is InChI=1S/C5H10N2O3.2C3H7NO2.2C3H9N.C2H5NO.2C2H4O2/c6-3(5(9)10)1-2-4(7)8;2*1-2(4)3(5)6;2*1-4(2)3;3*1-2(3)4/h3H,1-2,6H2,(H2,7,8)(H,9,10);2*2H,4H2,1H3,(H,5,6);2*1-3H3;1H3,(H2,3,4);2*1H3,(H,3,4)/t3-;2*2-;;;;;/m000...../s1. The lowest BCUT2D eigenvalue weighted by Crippen LogP contribution is -2.31. The topological polar surface area (TPSA) is 357 Å². The quantitative estimate of drug-likeness (QED) is 0.147. The molecule has 0 fully saturated rings. The zero-order valence-corrected chi connectivity index (χ0v) is 26.5. The molecule has 0 aliphatic carbocycles. The van der Waals surface area contributed by atoms with E-state index >= 15 is 0 Å². The van der Waals surface area contributed by atoms with E-state index in [-0.39, 0.29) is 18.7 Å². The van der Waals surface area contributed by atoms with Crippen molar-refractivity contribution < 1.29 is 59.1 Å². The Morgan fingerprint density at radius 2 is 0.714 bits per heavy atom. The Labute approximate surface area is 247 Å². The lowest BCUT2D eigenvalue weighted by Gasteiger charge is -2.01. The van der Waals surface area contributed by atoms with Gasteiger partial charge in [-0.05, 0) is 62.6 Å². The van der Waals surface area contributed by atoms with Gasteiger partial charge in [0.05, 0.1) is 0 Å². The van der Waals surface area contributed by atoms with Crippen LogP contribution < -0.4 is 28.7 Å². The first-order chi connectivity index (χ1) is 18.5. The third-order valence-corrected chi connectivity index (χ3v) is 1.80. The Hall–Kier alpha value is -3.91. The van der Waals surface area contributed by atoms with Crippen molar-refractivity contribution in [3.05, 3.63) is 0 Å². The number of rotatable bonds is 6. The Kier molecular flexibility index (Phi) is 57.3. The van der Waals surface area contributed by atoms with Crippen molar-refractivity contribution in [1.82, 2.24) is 9.80 Å². The van der Waals surface area contributed by atoms with Gasteiger partial charge in [-0.25, -0.2) is 0 Å². The Bertz CT molecular complexity index is 648. The van der Waals surface area contributed by atoms with Crippen molar-refractivity contribution in [2.45, 2.75) is 65.6 Å².